The van der Waals surface area contributed by atoms with Gasteiger partial charge in [-0.2, -0.15) is 0 Å². The number of rotatable bonds is 1. The highest BCUT2D eigenvalue weighted by atomic mass is 32.1. The zero-order valence-electron chi connectivity index (χ0n) is 14.3. The number of hydrogen-bond acceptors (Lipinski definition) is 6. The standard InChI is InChI=1S/C18H23NO4S.CH4/c1-10-4-5-13-11(2)14(15-19-8-9-24-15)20-16-18(13)12(10)6-7-17(3,21-16)22-23-18;/h8-10,12-13,16H,4-7H2,1-3H3;1H4/t10-,12?,13+,16-,17-,18-;/m1./s1. The zero-order valence-corrected chi connectivity index (χ0v) is 15.1. The highest BCUT2D eigenvalue weighted by molar-refractivity contribution is 7.10. The Morgan fingerprint density at radius 3 is 2.84 bits per heavy atom. The van der Waals surface area contributed by atoms with E-state index >= 15 is 0 Å². The Morgan fingerprint density at radius 2 is 2.08 bits per heavy atom. The van der Waals surface area contributed by atoms with Crippen LogP contribution in [0, 0.1) is 17.8 Å². The molecule has 0 radical (unpaired) electrons. The van der Waals surface area contributed by atoms with Crippen LogP contribution in [0.3, 0.4) is 0 Å². The van der Waals surface area contributed by atoms with E-state index < -0.39 is 17.7 Å². The van der Waals surface area contributed by atoms with E-state index in [4.69, 9.17) is 19.2 Å². The van der Waals surface area contributed by atoms with Gasteiger partial charge in [-0.1, -0.05) is 14.4 Å². The van der Waals surface area contributed by atoms with E-state index in [9.17, 15) is 0 Å². The second-order valence-corrected chi connectivity index (χ2v) is 8.72. The van der Waals surface area contributed by atoms with Gasteiger partial charge in [-0.25, -0.2) is 14.8 Å². The van der Waals surface area contributed by atoms with Crippen LogP contribution in [0.5, 0.6) is 0 Å². The minimum atomic E-state index is -0.725. The molecular formula is C19H27NO4S. The number of aromatic nitrogens is 1. The van der Waals surface area contributed by atoms with Crippen molar-refractivity contribution in [1.29, 1.82) is 0 Å². The van der Waals surface area contributed by atoms with Crippen LogP contribution in [-0.4, -0.2) is 22.7 Å². The molecule has 3 saturated heterocycles. The molecule has 2 bridgehead atoms. The van der Waals surface area contributed by atoms with Gasteiger partial charge in [0.05, 0.1) is 0 Å². The zero-order chi connectivity index (χ0) is 16.5. The molecule has 0 aromatic carbocycles. The summed E-state index contributed by atoms with van der Waals surface area (Å²) in [7, 11) is 0. The van der Waals surface area contributed by atoms with Crippen LogP contribution in [0.4, 0.5) is 0 Å². The first kappa shape index (κ1) is 17.5. The first-order valence-corrected chi connectivity index (χ1v) is 9.73. The quantitative estimate of drug-likeness (QED) is 0.672. The van der Waals surface area contributed by atoms with Gasteiger partial charge in [0.2, 0.25) is 12.1 Å². The molecule has 1 aromatic heterocycles. The smallest absolute Gasteiger partial charge is 0.236 e. The minimum absolute atomic E-state index is 0. The van der Waals surface area contributed by atoms with Crippen molar-refractivity contribution in [3.63, 3.8) is 0 Å². The maximum absolute atomic E-state index is 6.40. The van der Waals surface area contributed by atoms with Crippen LogP contribution in [0.15, 0.2) is 17.2 Å². The number of nitrogens with zero attached hydrogens (tertiary/aromatic N) is 1. The first-order valence-electron chi connectivity index (χ1n) is 8.85. The number of hydrogen-bond donors (Lipinski definition) is 0. The van der Waals surface area contributed by atoms with Gasteiger partial charge in [-0.3, -0.25) is 0 Å². The van der Waals surface area contributed by atoms with Crippen LogP contribution in [0.25, 0.3) is 5.76 Å². The molecule has 1 aliphatic carbocycles. The van der Waals surface area contributed by atoms with Crippen LogP contribution < -0.4 is 0 Å². The van der Waals surface area contributed by atoms with Crippen molar-refractivity contribution in [3.8, 4) is 0 Å². The normalized spacial score (nSPS) is 45.2. The Morgan fingerprint density at radius 1 is 1.24 bits per heavy atom. The lowest BCUT2D eigenvalue weighted by molar-refractivity contribution is -0.553. The molecule has 5 heterocycles. The summed E-state index contributed by atoms with van der Waals surface area (Å²) in [6, 6.07) is 0. The Kier molecular flexibility index (Phi) is 4.03. The van der Waals surface area contributed by atoms with E-state index in [1.54, 1.807) is 11.3 Å². The fourth-order valence-corrected chi connectivity index (χ4v) is 5.86. The Labute approximate surface area is 153 Å². The SMILES string of the molecule is C.CC1=C(c2nccs2)O[C@@H]2O[C@@]3(C)CCC4[C@H](C)CC[C@@H]1[C@]42OO3. The lowest BCUT2D eigenvalue weighted by Gasteiger charge is -2.57. The molecule has 6 rings (SSSR count). The molecular weight excluding hydrogens is 338 g/mol. The molecule has 5 aliphatic rings. The molecule has 0 amide bonds. The van der Waals surface area contributed by atoms with Gasteiger partial charge in [0.25, 0.3) is 0 Å². The third kappa shape index (κ3) is 2.27. The van der Waals surface area contributed by atoms with Gasteiger partial charge >= 0.3 is 0 Å². The maximum Gasteiger partial charge on any atom is 0.236 e. The molecule has 4 aliphatic heterocycles. The number of thiazole rings is 1. The molecule has 4 fully saturated rings. The fraction of sp³-hybridized carbons (Fsp3) is 0.737. The van der Waals surface area contributed by atoms with Crippen LogP contribution in [-0.2, 0) is 19.2 Å². The summed E-state index contributed by atoms with van der Waals surface area (Å²) >= 11 is 1.60. The van der Waals surface area contributed by atoms with Gasteiger partial charge in [0.15, 0.2) is 16.4 Å². The van der Waals surface area contributed by atoms with E-state index in [-0.39, 0.29) is 13.3 Å². The van der Waals surface area contributed by atoms with Gasteiger partial charge in [0, 0.05) is 29.8 Å². The van der Waals surface area contributed by atoms with Crippen LogP contribution in [0.1, 0.15) is 58.9 Å². The summed E-state index contributed by atoms with van der Waals surface area (Å²) in [5, 5.41) is 2.91. The molecule has 138 valence electrons. The van der Waals surface area contributed by atoms with Gasteiger partial charge in [-0.15, -0.1) is 11.3 Å². The maximum atomic E-state index is 6.40. The van der Waals surface area contributed by atoms with E-state index in [1.165, 1.54) is 12.0 Å². The van der Waals surface area contributed by atoms with Crippen molar-refractivity contribution in [2.24, 2.45) is 17.8 Å². The number of fused-ring (bicyclic) bond motifs is 2. The van der Waals surface area contributed by atoms with Crippen molar-refractivity contribution in [1.82, 2.24) is 4.98 Å². The third-order valence-electron chi connectivity index (χ3n) is 6.45. The molecule has 1 saturated carbocycles. The largest absolute Gasteiger partial charge is 0.458 e. The summed E-state index contributed by atoms with van der Waals surface area (Å²) in [4.78, 5) is 16.4. The van der Waals surface area contributed by atoms with E-state index in [0.717, 1.165) is 30.0 Å². The number of ether oxygens (including phenoxy) is 2. The molecule has 1 spiro atoms. The highest BCUT2D eigenvalue weighted by Gasteiger charge is 2.68. The fourth-order valence-electron chi connectivity index (χ4n) is 5.17. The highest BCUT2D eigenvalue weighted by Crippen LogP contribution is 2.60. The molecule has 25 heavy (non-hydrogen) atoms. The van der Waals surface area contributed by atoms with E-state index in [0.29, 0.717) is 11.8 Å². The lowest BCUT2D eigenvalue weighted by Crippen LogP contribution is -2.66. The van der Waals surface area contributed by atoms with Gasteiger partial charge in [0.1, 0.15) is 0 Å². The molecule has 6 heteroatoms. The second kappa shape index (κ2) is 5.78. The molecule has 6 atom stereocenters. The minimum Gasteiger partial charge on any atom is -0.458 e. The van der Waals surface area contributed by atoms with Crippen molar-refractivity contribution in [2.75, 3.05) is 0 Å². The van der Waals surface area contributed by atoms with Crippen molar-refractivity contribution >= 4 is 17.1 Å². The van der Waals surface area contributed by atoms with Crippen molar-refractivity contribution < 1.29 is 19.2 Å². The Bertz CT molecular complexity index is 690. The molecule has 0 N–H and O–H groups in total. The average molecular weight is 365 g/mol. The Hall–Kier alpha value is -0.950. The Balaban J connectivity index is 0.00000157. The van der Waals surface area contributed by atoms with Gasteiger partial charge in [-0.05, 0) is 44.6 Å². The van der Waals surface area contributed by atoms with Gasteiger partial charge < -0.3 is 9.47 Å². The summed E-state index contributed by atoms with van der Waals surface area (Å²) in [6.45, 7) is 6.43. The average Bonchev–Trinajstić information content (AvgIpc) is 2.99. The summed E-state index contributed by atoms with van der Waals surface area (Å²) in [6.07, 6.45) is 5.55. The summed E-state index contributed by atoms with van der Waals surface area (Å²) in [5.41, 5.74) is 0.689. The summed E-state index contributed by atoms with van der Waals surface area (Å²) < 4.78 is 12.7. The molecule has 5 nitrogen and oxygen atoms in total. The topological polar surface area (TPSA) is 49.8 Å². The monoisotopic (exact) mass is 365 g/mol. The van der Waals surface area contributed by atoms with Crippen LogP contribution >= 0.6 is 11.3 Å². The second-order valence-electron chi connectivity index (χ2n) is 7.82. The van der Waals surface area contributed by atoms with E-state index in [2.05, 4.69) is 18.8 Å². The van der Waals surface area contributed by atoms with Crippen molar-refractivity contribution in [2.45, 2.75) is 71.6 Å². The first-order chi connectivity index (χ1) is 11.5. The third-order valence-corrected chi connectivity index (χ3v) is 7.22. The molecule has 1 unspecified atom stereocenters. The predicted octanol–water partition coefficient (Wildman–Crippen LogP) is 4.76. The predicted molar refractivity (Wildman–Crippen MR) is 95.3 cm³/mol. The lowest BCUT2D eigenvalue weighted by atomic mass is 9.59. The molecule has 1 aromatic rings. The van der Waals surface area contributed by atoms with E-state index in [1.807, 2.05) is 18.5 Å². The summed E-state index contributed by atoms with van der Waals surface area (Å²) in [5.74, 6) is 1.36. The van der Waals surface area contributed by atoms with Crippen molar-refractivity contribution in [3.05, 3.63) is 22.2 Å². The van der Waals surface area contributed by atoms with Crippen LogP contribution in [0.2, 0.25) is 0 Å².